The summed E-state index contributed by atoms with van der Waals surface area (Å²) in [6.45, 7) is 12.5. The molecule has 3 rings (SSSR count). The Bertz CT molecular complexity index is 1070. The number of hydrogen-bond donors (Lipinski definition) is 2. The summed E-state index contributed by atoms with van der Waals surface area (Å²) < 4.78 is 4.65. The summed E-state index contributed by atoms with van der Waals surface area (Å²) >= 11 is 1.30. The van der Waals surface area contributed by atoms with E-state index in [4.69, 9.17) is 4.74 Å². The zero-order valence-electron chi connectivity index (χ0n) is 21.9. The number of aryl methyl sites for hydroxylation is 1. The van der Waals surface area contributed by atoms with Crippen molar-refractivity contribution in [2.24, 2.45) is 0 Å². The minimum atomic E-state index is -0.957. The summed E-state index contributed by atoms with van der Waals surface area (Å²) in [4.78, 5) is 27.5. The number of aliphatic carboxylic acids is 1. The predicted octanol–water partition coefficient (Wildman–Crippen LogP) is 6.36. The number of fused-ring (bicyclic) bond motifs is 1. The number of ether oxygens (including phenoxy) is 1. The van der Waals surface area contributed by atoms with Gasteiger partial charge in [-0.25, -0.2) is 4.79 Å². The van der Waals surface area contributed by atoms with E-state index in [0.717, 1.165) is 35.4 Å². The van der Waals surface area contributed by atoms with Crippen LogP contribution in [0.4, 0.5) is 10.5 Å². The molecule has 0 spiro atoms. The normalized spacial score (nSPS) is 15.8. The van der Waals surface area contributed by atoms with Gasteiger partial charge in [0.1, 0.15) is 10.5 Å². The van der Waals surface area contributed by atoms with Crippen LogP contribution in [-0.4, -0.2) is 46.5 Å². The third-order valence-corrected chi connectivity index (χ3v) is 7.84. The van der Waals surface area contributed by atoms with Gasteiger partial charge in [-0.2, -0.15) is 0 Å². The first-order valence-corrected chi connectivity index (χ1v) is 13.0. The second-order valence-corrected chi connectivity index (χ2v) is 12.3. The molecule has 0 radical (unpaired) electrons. The zero-order valence-corrected chi connectivity index (χ0v) is 22.7. The van der Waals surface area contributed by atoms with Crippen molar-refractivity contribution in [2.75, 3.05) is 19.0 Å². The van der Waals surface area contributed by atoms with Crippen LogP contribution >= 0.6 is 11.8 Å². The monoisotopic (exact) mass is 498 g/mol. The lowest BCUT2D eigenvalue weighted by molar-refractivity contribution is -0.138. The SMILES string of the molecule is CCN(C(=O)Nc1ccc(C(C)(C)C)cc1)C1CCc2cc(SC(C)(C)C(=O)O)c(OC)cc2C1. The Labute approximate surface area is 213 Å². The van der Waals surface area contributed by atoms with Crippen molar-refractivity contribution in [3.63, 3.8) is 0 Å². The lowest BCUT2D eigenvalue weighted by Crippen LogP contribution is -2.45. The number of carboxylic acids is 1. The van der Waals surface area contributed by atoms with Gasteiger partial charge in [-0.05, 0) is 86.4 Å². The summed E-state index contributed by atoms with van der Waals surface area (Å²) in [6.07, 6.45) is 2.42. The first-order valence-electron chi connectivity index (χ1n) is 12.2. The highest BCUT2D eigenvalue weighted by Crippen LogP contribution is 2.41. The van der Waals surface area contributed by atoms with E-state index in [0.29, 0.717) is 12.3 Å². The summed E-state index contributed by atoms with van der Waals surface area (Å²) in [5.41, 5.74) is 4.43. The Morgan fingerprint density at radius 3 is 2.31 bits per heavy atom. The Morgan fingerprint density at radius 2 is 1.77 bits per heavy atom. The smallest absolute Gasteiger partial charge is 0.322 e. The molecule has 2 N–H and O–H groups in total. The Balaban J connectivity index is 1.75. The van der Waals surface area contributed by atoms with Crippen LogP contribution in [0.1, 0.15) is 64.7 Å². The largest absolute Gasteiger partial charge is 0.496 e. The molecule has 0 heterocycles. The molecule has 2 aromatic carbocycles. The number of carbonyl (C=O) groups is 2. The van der Waals surface area contributed by atoms with E-state index >= 15 is 0 Å². The highest BCUT2D eigenvalue weighted by Gasteiger charge is 2.32. The molecule has 1 aliphatic rings. The van der Waals surface area contributed by atoms with Crippen molar-refractivity contribution in [3.05, 3.63) is 53.1 Å². The fraction of sp³-hybridized carbons (Fsp3) is 0.500. The molecule has 2 amide bonds. The number of benzene rings is 2. The van der Waals surface area contributed by atoms with Crippen molar-refractivity contribution in [2.45, 2.75) is 81.9 Å². The third-order valence-electron chi connectivity index (χ3n) is 6.61. The molecule has 0 saturated heterocycles. The average molecular weight is 499 g/mol. The van der Waals surface area contributed by atoms with Gasteiger partial charge in [-0.3, -0.25) is 4.79 Å². The summed E-state index contributed by atoms with van der Waals surface area (Å²) in [6, 6.07) is 12.1. The molecular formula is C28H38N2O4S. The number of urea groups is 1. The van der Waals surface area contributed by atoms with Crippen molar-refractivity contribution in [1.82, 2.24) is 4.90 Å². The first kappa shape index (κ1) is 26.9. The summed E-state index contributed by atoms with van der Waals surface area (Å²) in [7, 11) is 1.61. The van der Waals surface area contributed by atoms with Gasteiger partial charge in [-0.15, -0.1) is 11.8 Å². The molecule has 190 valence electrons. The lowest BCUT2D eigenvalue weighted by Gasteiger charge is -2.35. The number of nitrogens with zero attached hydrogens (tertiary/aromatic N) is 1. The molecule has 1 unspecified atom stereocenters. The van der Waals surface area contributed by atoms with Crippen LogP contribution in [0.3, 0.4) is 0 Å². The second-order valence-electron chi connectivity index (χ2n) is 10.6. The molecule has 6 nitrogen and oxygen atoms in total. The van der Waals surface area contributed by atoms with Gasteiger partial charge in [0.05, 0.1) is 12.0 Å². The quantitative estimate of drug-likeness (QED) is 0.434. The van der Waals surface area contributed by atoms with Gasteiger partial charge in [-0.1, -0.05) is 32.9 Å². The van der Waals surface area contributed by atoms with Crippen LogP contribution in [0.2, 0.25) is 0 Å². The maximum Gasteiger partial charge on any atom is 0.322 e. The highest BCUT2D eigenvalue weighted by molar-refractivity contribution is 8.01. The van der Waals surface area contributed by atoms with Crippen LogP contribution < -0.4 is 10.1 Å². The minimum absolute atomic E-state index is 0.0658. The maximum atomic E-state index is 13.2. The topological polar surface area (TPSA) is 78.9 Å². The number of methoxy groups -OCH3 is 1. The molecule has 1 atom stereocenters. The number of carboxylic acid groups (broad SMARTS) is 1. The van der Waals surface area contributed by atoms with Crippen molar-refractivity contribution in [3.8, 4) is 5.75 Å². The molecule has 0 aliphatic heterocycles. The number of anilines is 1. The fourth-order valence-corrected chi connectivity index (χ4v) is 5.47. The third kappa shape index (κ3) is 6.31. The Kier molecular flexibility index (Phi) is 8.10. The molecule has 7 heteroatoms. The standard InChI is InChI=1S/C28H38N2O4S/c1-8-30(26(33)29-21-12-10-20(11-13-21)27(2,3)4)22-14-9-18-17-24(35-28(5,6)25(31)32)23(34-7)16-19(18)15-22/h10-13,16-17,22H,8-9,14-15H2,1-7H3,(H,29,33)(H,31,32). The molecular weight excluding hydrogens is 460 g/mol. The molecule has 0 saturated carbocycles. The lowest BCUT2D eigenvalue weighted by atomic mass is 9.87. The zero-order chi connectivity index (χ0) is 26.0. The number of rotatable bonds is 7. The summed E-state index contributed by atoms with van der Waals surface area (Å²) in [5.74, 6) is -0.185. The van der Waals surface area contributed by atoms with Crippen LogP contribution in [0.5, 0.6) is 5.75 Å². The van der Waals surface area contributed by atoms with Gasteiger partial charge in [0.25, 0.3) is 0 Å². The van der Waals surface area contributed by atoms with Gasteiger partial charge >= 0.3 is 12.0 Å². The fourth-order valence-electron chi connectivity index (χ4n) is 4.39. The van der Waals surface area contributed by atoms with Gasteiger partial charge in [0.15, 0.2) is 0 Å². The van der Waals surface area contributed by atoms with Gasteiger partial charge < -0.3 is 20.1 Å². The van der Waals surface area contributed by atoms with E-state index in [9.17, 15) is 14.7 Å². The first-order chi connectivity index (χ1) is 16.4. The van der Waals surface area contributed by atoms with E-state index in [-0.39, 0.29) is 17.5 Å². The predicted molar refractivity (Wildman–Crippen MR) is 143 cm³/mol. The Morgan fingerprint density at radius 1 is 1.11 bits per heavy atom. The van der Waals surface area contributed by atoms with Crippen molar-refractivity contribution >= 4 is 29.4 Å². The molecule has 1 aliphatic carbocycles. The highest BCUT2D eigenvalue weighted by atomic mass is 32.2. The number of likely N-dealkylation sites (N-methyl/N-ethyl adjacent to an activating group) is 1. The summed E-state index contributed by atoms with van der Waals surface area (Å²) in [5, 5.41) is 12.6. The molecule has 2 aromatic rings. The second kappa shape index (κ2) is 10.5. The van der Waals surface area contributed by atoms with Crippen molar-refractivity contribution < 1.29 is 19.4 Å². The Hall–Kier alpha value is -2.67. The van der Waals surface area contributed by atoms with E-state index in [2.05, 4.69) is 44.3 Å². The maximum absolute atomic E-state index is 13.2. The van der Waals surface area contributed by atoms with Crippen LogP contribution in [-0.2, 0) is 23.1 Å². The number of amides is 2. The molecule has 0 bridgehead atoms. The van der Waals surface area contributed by atoms with E-state index < -0.39 is 10.7 Å². The molecule has 0 aromatic heterocycles. The van der Waals surface area contributed by atoms with Crippen LogP contribution in [0, 0.1) is 0 Å². The van der Waals surface area contributed by atoms with Gasteiger partial charge in [0.2, 0.25) is 0 Å². The molecule has 35 heavy (non-hydrogen) atoms. The van der Waals surface area contributed by atoms with Gasteiger partial charge in [0, 0.05) is 18.3 Å². The number of thioether (sulfide) groups is 1. The number of nitrogens with one attached hydrogen (secondary N) is 1. The minimum Gasteiger partial charge on any atom is -0.496 e. The van der Waals surface area contributed by atoms with Crippen LogP contribution in [0.25, 0.3) is 0 Å². The van der Waals surface area contributed by atoms with E-state index in [1.165, 1.54) is 22.9 Å². The number of carbonyl (C=O) groups excluding carboxylic acids is 1. The average Bonchev–Trinajstić information content (AvgIpc) is 2.78. The molecule has 0 fully saturated rings. The number of hydrogen-bond acceptors (Lipinski definition) is 4. The van der Waals surface area contributed by atoms with E-state index in [1.54, 1.807) is 21.0 Å². The van der Waals surface area contributed by atoms with Crippen LogP contribution in [0.15, 0.2) is 41.3 Å². The van der Waals surface area contributed by atoms with Crippen molar-refractivity contribution in [1.29, 1.82) is 0 Å². The van der Waals surface area contributed by atoms with E-state index in [1.807, 2.05) is 30.0 Å².